The number of hydrogen-bond donors (Lipinski definition) is 3. The second-order valence-electron chi connectivity index (χ2n) is 7.69. The van der Waals surface area contributed by atoms with Crippen LogP contribution in [0, 0.1) is 0 Å². The lowest BCUT2D eigenvalue weighted by Crippen LogP contribution is -2.45. The van der Waals surface area contributed by atoms with Crippen molar-refractivity contribution in [3.8, 4) is 11.5 Å². The van der Waals surface area contributed by atoms with Crippen LogP contribution >= 0.6 is 0 Å². The molecule has 7 nitrogen and oxygen atoms in total. The van der Waals surface area contributed by atoms with E-state index in [2.05, 4.69) is 10.6 Å². The third-order valence-corrected chi connectivity index (χ3v) is 5.12. The van der Waals surface area contributed by atoms with Gasteiger partial charge in [-0.25, -0.2) is 4.79 Å². The van der Waals surface area contributed by atoms with E-state index in [1.807, 2.05) is 73.3 Å². The molecule has 1 heterocycles. The summed E-state index contributed by atoms with van der Waals surface area (Å²) in [5.74, 6) is 1.45. The Kier molecular flexibility index (Phi) is 12.8. The zero-order valence-electron chi connectivity index (χ0n) is 20.0. The molecule has 0 bridgehead atoms. The fraction of sp³-hybridized carbons (Fsp3) is 0.500. The molecule has 1 atom stereocenters. The van der Waals surface area contributed by atoms with Crippen LogP contribution in [0.25, 0.3) is 0 Å². The SMILES string of the molecule is CC.O=C(NCCNCC(O)COc1ccc(OCc2ccccc2)cc1)N1CCCCC1. The first-order valence-electron chi connectivity index (χ1n) is 12.0. The number of ether oxygens (including phenoxy) is 2. The highest BCUT2D eigenvalue weighted by molar-refractivity contribution is 5.74. The molecule has 0 saturated carbocycles. The Morgan fingerprint density at radius 3 is 2.24 bits per heavy atom. The minimum Gasteiger partial charge on any atom is -0.491 e. The first kappa shape index (κ1) is 26.5. The van der Waals surface area contributed by atoms with Crippen molar-refractivity contribution in [1.29, 1.82) is 0 Å². The van der Waals surface area contributed by atoms with Crippen LogP contribution in [0.1, 0.15) is 38.7 Å². The Morgan fingerprint density at radius 1 is 0.939 bits per heavy atom. The summed E-state index contributed by atoms with van der Waals surface area (Å²) in [5, 5.41) is 16.1. The van der Waals surface area contributed by atoms with E-state index < -0.39 is 6.10 Å². The minimum atomic E-state index is -0.633. The molecule has 0 aromatic heterocycles. The van der Waals surface area contributed by atoms with Crippen LogP contribution in [0.3, 0.4) is 0 Å². The van der Waals surface area contributed by atoms with E-state index in [1.54, 1.807) is 0 Å². The van der Waals surface area contributed by atoms with Crippen LogP contribution in [0.2, 0.25) is 0 Å². The lowest BCUT2D eigenvalue weighted by molar-refractivity contribution is 0.106. The smallest absolute Gasteiger partial charge is 0.317 e. The number of aliphatic hydroxyl groups is 1. The van der Waals surface area contributed by atoms with E-state index >= 15 is 0 Å². The summed E-state index contributed by atoms with van der Waals surface area (Å²) < 4.78 is 11.4. The van der Waals surface area contributed by atoms with Gasteiger partial charge < -0.3 is 30.1 Å². The van der Waals surface area contributed by atoms with Crippen molar-refractivity contribution in [2.45, 2.75) is 45.8 Å². The molecule has 1 unspecified atom stereocenters. The van der Waals surface area contributed by atoms with Crippen LogP contribution < -0.4 is 20.1 Å². The lowest BCUT2D eigenvalue weighted by atomic mass is 10.1. The van der Waals surface area contributed by atoms with Crippen molar-refractivity contribution in [2.75, 3.05) is 39.3 Å². The number of amides is 2. The van der Waals surface area contributed by atoms with Gasteiger partial charge in [0.15, 0.2) is 0 Å². The number of aliphatic hydroxyl groups excluding tert-OH is 1. The van der Waals surface area contributed by atoms with Gasteiger partial charge in [0.1, 0.15) is 30.8 Å². The maximum atomic E-state index is 12.0. The summed E-state index contributed by atoms with van der Waals surface area (Å²) in [5.41, 5.74) is 1.12. The van der Waals surface area contributed by atoms with Crippen molar-refractivity contribution < 1.29 is 19.4 Å². The predicted octanol–water partition coefficient (Wildman–Crippen LogP) is 3.82. The number of carbonyl (C=O) groups excluding carboxylic acids is 1. The predicted molar refractivity (Wildman–Crippen MR) is 132 cm³/mol. The van der Waals surface area contributed by atoms with Gasteiger partial charge in [-0.15, -0.1) is 0 Å². The number of likely N-dealkylation sites (tertiary alicyclic amines) is 1. The summed E-state index contributed by atoms with van der Waals surface area (Å²) in [6.07, 6.45) is 2.74. The Bertz CT molecular complexity index is 765. The molecule has 2 aromatic rings. The topological polar surface area (TPSA) is 83.1 Å². The fourth-order valence-corrected chi connectivity index (χ4v) is 3.36. The standard InChI is InChI=1S/C24H33N3O4.C2H6/c28-21(17-25-13-14-26-24(29)27-15-5-2-6-16-27)19-31-23-11-9-22(10-12-23)30-18-20-7-3-1-4-8-20;1-2/h1,3-4,7-12,21,25,28H,2,5-6,13-19H2,(H,26,29);1-2H3. The molecule has 1 fully saturated rings. The van der Waals surface area contributed by atoms with Crippen LogP contribution in [0.15, 0.2) is 54.6 Å². The van der Waals surface area contributed by atoms with Gasteiger partial charge in [-0.05, 0) is 49.1 Å². The highest BCUT2D eigenvalue weighted by atomic mass is 16.5. The van der Waals surface area contributed by atoms with Gasteiger partial charge in [0.2, 0.25) is 0 Å². The number of nitrogens with one attached hydrogen (secondary N) is 2. The van der Waals surface area contributed by atoms with Gasteiger partial charge in [-0.2, -0.15) is 0 Å². The maximum absolute atomic E-state index is 12.0. The van der Waals surface area contributed by atoms with E-state index in [0.29, 0.717) is 32.0 Å². The average Bonchev–Trinajstić information content (AvgIpc) is 2.89. The molecule has 0 spiro atoms. The molecule has 1 aliphatic rings. The number of carbonyl (C=O) groups is 1. The normalized spacial score (nSPS) is 14.0. The van der Waals surface area contributed by atoms with Crippen molar-refractivity contribution in [3.63, 3.8) is 0 Å². The van der Waals surface area contributed by atoms with E-state index in [4.69, 9.17) is 9.47 Å². The van der Waals surface area contributed by atoms with E-state index in [0.717, 1.165) is 37.2 Å². The van der Waals surface area contributed by atoms with Crippen LogP contribution in [-0.4, -0.2) is 61.5 Å². The molecular formula is C26H39N3O4. The molecule has 1 aliphatic heterocycles. The number of rotatable bonds is 11. The molecule has 182 valence electrons. The van der Waals surface area contributed by atoms with Gasteiger partial charge in [-0.3, -0.25) is 0 Å². The summed E-state index contributed by atoms with van der Waals surface area (Å²) in [6.45, 7) is 7.93. The monoisotopic (exact) mass is 457 g/mol. The second kappa shape index (κ2) is 15.9. The molecule has 0 radical (unpaired) electrons. The summed E-state index contributed by atoms with van der Waals surface area (Å²) in [4.78, 5) is 13.9. The van der Waals surface area contributed by atoms with Gasteiger partial charge >= 0.3 is 6.03 Å². The Balaban J connectivity index is 0.00000187. The first-order chi connectivity index (χ1) is 16.2. The van der Waals surface area contributed by atoms with Crippen LogP contribution in [0.5, 0.6) is 11.5 Å². The quantitative estimate of drug-likeness (QED) is 0.447. The molecule has 3 N–H and O–H groups in total. The van der Waals surface area contributed by atoms with Crippen LogP contribution in [-0.2, 0) is 6.61 Å². The Morgan fingerprint density at radius 2 is 1.58 bits per heavy atom. The maximum Gasteiger partial charge on any atom is 0.317 e. The lowest BCUT2D eigenvalue weighted by Gasteiger charge is -2.26. The van der Waals surface area contributed by atoms with Crippen molar-refractivity contribution in [1.82, 2.24) is 15.5 Å². The van der Waals surface area contributed by atoms with Crippen LogP contribution in [0.4, 0.5) is 4.79 Å². The number of benzene rings is 2. The summed E-state index contributed by atoms with van der Waals surface area (Å²) >= 11 is 0. The largest absolute Gasteiger partial charge is 0.491 e. The van der Waals surface area contributed by atoms with Crippen molar-refractivity contribution in [2.24, 2.45) is 0 Å². The zero-order valence-corrected chi connectivity index (χ0v) is 20.0. The average molecular weight is 458 g/mol. The number of piperidine rings is 1. The van der Waals surface area contributed by atoms with E-state index in [-0.39, 0.29) is 12.6 Å². The molecular weight excluding hydrogens is 418 g/mol. The minimum absolute atomic E-state index is 0.00146. The van der Waals surface area contributed by atoms with Crippen molar-refractivity contribution >= 4 is 6.03 Å². The van der Waals surface area contributed by atoms with Gasteiger partial charge in [-0.1, -0.05) is 44.2 Å². The third kappa shape index (κ3) is 10.6. The molecule has 33 heavy (non-hydrogen) atoms. The Hall–Kier alpha value is -2.77. The van der Waals surface area contributed by atoms with Gasteiger partial charge in [0, 0.05) is 32.7 Å². The third-order valence-electron chi connectivity index (χ3n) is 5.12. The summed E-state index contributed by atoms with van der Waals surface area (Å²) in [6, 6.07) is 17.4. The molecule has 3 rings (SSSR count). The molecule has 0 aliphatic carbocycles. The van der Waals surface area contributed by atoms with Gasteiger partial charge in [0.05, 0.1) is 0 Å². The van der Waals surface area contributed by atoms with E-state index in [1.165, 1.54) is 6.42 Å². The zero-order chi connectivity index (χ0) is 23.7. The number of urea groups is 1. The summed E-state index contributed by atoms with van der Waals surface area (Å²) in [7, 11) is 0. The molecule has 7 heteroatoms. The van der Waals surface area contributed by atoms with Crippen molar-refractivity contribution in [3.05, 3.63) is 60.2 Å². The second-order valence-corrected chi connectivity index (χ2v) is 7.69. The molecule has 2 amide bonds. The highest BCUT2D eigenvalue weighted by Crippen LogP contribution is 2.19. The number of hydrogen-bond acceptors (Lipinski definition) is 5. The fourth-order valence-electron chi connectivity index (χ4n) is 3.36. The molecule has 1 saturated heterocycles. The number of nitrogens with zero attached hydrogens (tertiary/aromatic N) is 1. The van der Waals surface area contributed by atoms with E-state index in [9.17, 15) is 9.90 Å². The Labute approximate surface area is 198 Å². The van der Waals surface area contributed by atoms with Gasteiger partial charge in [0.25, 0.3) is 0 Å². The highest BCUT2D eigenvalue weighted by Gasteiger charge is 2.15. The molecule has 2 aromatic carbocycles. The first-order valence-corrected chi connectivity index (χ1v) is 12.0.